The highest BCUT2D eigenvalue weighted by molar-refractivity contribution is 5.97. The van der Waals surface area contributed by atoms with Gasteiger partial charge in [0.05, 0.1) is 0 Å². The predicted molar refractivity (Wildman–Crippen MR) is 82.6 cm³/mol. The fourth-order valence-corrected chi connectivity index (χ4v) is 4.23. The second kappa shape index (κ2) is 4.65. The summed E-state index contributed by atoms with van der Waals surface area (Å²) in [7, 11) is 0. The molecule has 4 heteroatoms. The topological polar surface area (TPSA) is 67.8 Å². The zero-order valence-corrected chi connectivity index (χ0v) is 13.0. The highest BCUT2D eigenvalue weighted by Gasteiger charge is 2.62. The maximum Gasteiger partial charge on any atom is 0.170 e. The molecule has 21 heavy (non-hydrogen) atoms. The summed E-state index contributed by atoms with van der Waals surface area (Å²) in [5.41, 5.74) is 6.88. The zero-order valence-electron chi connectivity index (χ0n) is 13.0. The largest absolute Gasteiger partial charge is 0.490 e. The maximum absolute atomic E-state index is 8.68. The number of rotatable bonds is 3. The van der Waals surface area contributed by atoms with Crippen LogP contribution in [0.15, 0.2) is 29.4 Å². The second-order valence-electron chi connectivity index (χ2n) is 7.23. The smallest absolute Gasteiger partial charge is 0.170 e. The molecule has 1 aromatic rings. The number of fused-ring (bicyclic) bond motifs is 2. The number of oxime groups is 1. The van der Waals surface area contributed by atoms with E-state index in [9.17, 15) is 0 Å². The molecule has 4 nitrogen and oxygen atoms in total. The van der Waals surface area contributed by atoms with E-state index in [4.69, 9.17) is 15.7 Å². The van der Waals surface area contributed by atoms with E-state index in [1.54, 1.807) is 0 Å². The molecule has 2 bridgehead atoms. The van der Waals surface area contributed by atoms with Crippen molar-refractivity contribution in [3.63, 3.8) is 0 Å². The average molecular weight is 288 g/mol. The van der Waals surface area contributed by atoms with E-state index in [1.807, 2.05) is 24.3 Å². The van der Waals surface area contributed by atoms with Crippen LogP contribution in [0.4, 0.5) is 0 Å². The fourth-order valence-electron chi connectivity index (χ4n) is 4.23. The number of amidine groups is 1. The Morgan fingerprint density at radius 1 is 1.29 bits per heavy atom. The van der Waals surface area contributed by atoms with Crippen LogP contribution in [-0.4, -0.2) is 17.1 Å². The van der Waals surface area contributed by atoms with Gasteiger partial charge in [0.25, 0.3) is 0 Å². The molecule has 0 aromatic heterocycles. The number of benzene rings is 1. The first kappa shape index (κ1) is 14.2. The maximum atomic E-state index is 8.68. The Morgan fingerprint density at radius 2 is 1.95 bits per heavy atom. The lowest BCUT2D eigenvalue weighted by Crippen LogP contribution is -2.38. The SMILES string of the molecule is CC1(C)C2CCC1(C)C(Oc1ccc(/C(N)=N/O)cc1)C2. The van der Waals surface area contributed by atoms with Crippen molar-refractivity contribution in [2.75, 3.05) is 0 Å². The van der Waals surface area contributed by atoms with Crippen molar-refractivity contribution in [3.8, 4) is 5.75 Å². The summed E-state index contributed by atoms with van der Waals surface area (Å²) < 4.78 is 6.27. The number of hydrogen-bond donors (Lipinski definition) is 2. The average Bonchev–Trinajstić information content (AvgIpc) is 2.80. The van der Waals surface area contributed by atoms with Crippen LogP contribution in [-0.2, 0) is 0 Å². The summed E-state index contributed by atoms with van der Waals surface area (Å²) in [6.45, 7) is 7.14. The third kappa shape index (κ3) is 2.00. The van der Waals surface area contributed by atoms with E-state index in [-0.39, 0.29) is 17.4 Å². The van der Waals surface area contributed by atoms with Gasteiger partial charge in [-0.05, 0) is 54.9 Å². The Labute approximate surface area is 126 Å². The highest BCUT2D eigenvalue weighted by Crippen LogP contribution is 2.66. The molecule has 2 aliphatic carbocycles. The van der Waals surface area contributed by atoms with Crippen molar-refractivity contribution in [1.82, 2.24) is 0 Å². The molecule has 3 unspecified atom stereocenters. The number of nitrogens with zero attached hydrogens (tertiary/aromatic N) is 1. The van der Waals surface area contributed by atoms with Crippen LogP contribution in [0.3, 0.4) is 0 Å². The Morgan fingerprint density at radius 3 is 2.43 bits per heavy atom. The summed E-state index contributed by atoms with van der Waals surface area (Å²) in [6.07, 6.45) is 4.00. The van der Waals surface area contributed by atoms with Crippen molar-refractivity contribution in [2.45, 2.75) is 46.1 Å². The first-order valence-electron chi connectivity index (χ1n) is 7.63. The molecule has 0 aliphatic heterocycles. The number of nitrogens with two attached hydrogens (primary N) is 1. The lowest BCUT2D eigenvalue weighted by atomic mass is 9.70. The molecule has 0 saturated heterocycles. The second-order valence-corrected chi connectivity index (χ2v) is 7.23. The minimum atomic E-state index is 0.120. The van der Waals surface area contributed by atoms with Gasteiger partial charge in [0, 0.05) is 11.0 Å². The van der Waals surface area contributed by atoms with Crippen molar-refractivity contribution in [3.05, 3.63) is 29.8 Å². The van der Waals surface area contributed by atoms with Crippen LogP contribution in [0.5, 0.6) is 5.75 Å². The van der Waals surface area contributed by atoms with Gasteiger partial charge in [0.1, 0.15) is 11.9 Å². The molecule has 2 saturated carbocycles. The van der Waals surface area contributed by atoms with Crippen molar-refractivity contribution in [1.29, 1.82) is 0 Å². The molecular formula is C17H24N2O2. The van der Waals surface area contributed by atoms with Gasteiger partial charge in [-0.1, -0.05) is 25.9 Å². The third-order valence-electron chi connectivity index (χ3n) is 6.25. The zero-order chi connectivity index (χ0) is 15.3. The molecule has 0 spiro atoms. The Hall–Kier alpha value is -1.71. The van der Waals surface area contributed by atoms with E-state index in [0.29, 0.717) is 11.0 Å². The lowest BCUT2D eigenvalue weighted by molar-refractivity contribution is 0.0302. The van der Waals surface area contributed by atoms with Gasteiger partial charge in [-0.15, -0.1) is 0 Å². The van der Waals surface area contributed by atoms with E-state index in [0.717, 1.165) is 18.1 Å². The van der Waals surface area contributed by atoms with Gasteiger partial charge < -0.3 is 15.7 Å². The van der Waals surface area contributed by atoms with Crippen LogP contribution in [0.25, 0.3) is 0 Å². The van der Waals surface area contributed by atoms with Gasteiger partial charge in [0.2, 0.25) is 0 Å². The number of hydrogen-bond acceptors (Lipinski definition) is 3. The minimum Gasteiger partial charge on any atom is -0.490 e. The normalized spacial score (nSPS) is 34.1. The van der Waals surface area contributed by atoms with Gasteiger partial charge in [-0.3, -0.25) is 0 Å². The van der Waals surface area contributed by atoms with Gasteiger partial charge in [-0.2, -0.15) is 0 Å². The van der Waals surface area contributed by atoms with E-state index < -0.39 is 0 Å². The van der Waals surface area contributed by atoms with E-state index in [1.165, 1.54) is 12.8 Å². The lowest BCUT2D eigenvalue weighted by Gasteiger charge is -2.38. The molecule has 0 heterocycles. The molecule has 2 aliphatic rings. The molecule has 1 aromatic carbocycles. The molecule has 0 amide bonds. The van der Waals surface area contributed by atoms with Crippen LogP contribution >= 0.6 is 0 Å². The van der Waals surface area contributed by atoms with E-state index >= 15 is 0 Å². The predicted octanol–water partition coefficient (Wildman–Crippen LogP) is 3.37. The molecule has 114 valence electrons. The summed E-state index contributed by atoms with van der Waals surface area (Å²) in [4.78, 5) is 0. The van der Waals surface area contributed by atoms with E-state index in [2.05, 4.69) is 25.9 Å². The van der Waals surface area contributed by atoms with Crippen LogP contribution < -0.4 is 10.5 Å². The Kier molecular flexibility index (Phi) is 3.15. The molecule has 3 atom stereocenters. The van der Waals surface area contributed by atoms with Gasteiger partial charge >= 0.3 is 0 Å². The molecule has 3 N–H and O–H groups in total. The number of ether oxygens (including phenoxy) is 1. The fraction of sp³-hybridized carbons (Fsp3) is 0.588. The summed E-state index contributed by atoms with van der Waals surface area (Å²) in [5.74, 6) is 1.75. The highest BCUT2D eigenvalue weighted by atomic mass is 16.5. The van der Waals surface area contributed by atoms with Crippen molar-refractivity contribution < 1.29 is 9.94 Å². The Bertz CT molecular complexity index is 565. The third-order valence-corrected chi connectivity index (χ3v) is 6.25. The minimum absolute atomic E-state index is 0.120. The first-order valence-corrected chi connectivity index (χ1v) is 7.63. The molecule has 0 radical (unpaired) electrons. The Balaban J connectivity index is 1.77. The summed E-state index contributed by atoms with van der Waals surface area (Å²) in [5, 5.41) is 11.7. The van der Waals surface area contributed by atoms with Crippen molar-refractivity contribution in [2.24, 2.45) is 27.6 Å². The van der Waals surface area contributed by atoms with Crippen LogP contribution in [0.2, 0.25) is 0 Å². The summed E-state index contributed by atoms with van der Waals surface area (Å²) in [6, 6.07) is 7.45. The van der Waals surface area contributed by atoms with Gasteiger partial charge in [0.15, 0.2) is 5.84 Å². The summed E-state index contributed by atoms with van der Waals surface area (Å²) >= 11 is 0. The molecular weight excluding hydrogens is 264 g/mol. The van der Waals surface area contributed by atoms with Crippen LogP contribution in [0, 0.1) is 16.7 Å². The van der Waals surface area contributed by atoms with Crippen LogP contribution in [0.1, 0.15) is 45.6 Å². The first-order chi connectivity index (χ1) is 9.88. The standard InChI is InChI=1S/C17H24N2O2/c1-16(2)12-8-9-17(16,3)14(10-12)21-13-6-4-11(5-7-13)15(18)19-20/h4-7,12,14,20H,8-10H2,1-3H3,(H2,18,19). The quantitative estimate of drug-likeness (QED) is 0.388. The molecule has 3 rings (SSSR count). The monoisotopic (exact) mass is 288 g/mol. The van der Waals surface area contributed by atoms with Gasteiger partial charge in [-0.25, -0.2) is 0 Å². The van der Waals surface area contributed by atoms with Crippen molar-refractivity contribution >= 4 is 5.84 Å². The molecule has 2 fully saturated rings.